The molecular weight excluding hydrogens is 457 g/mol. The quantitative estimate of drug-likeness (QED) is 0.233. The van der Waals surface area contributed by atoms with E-state index in [-0.39, 0.29) is 29.9 Å². The van der Waals surface area contributed by atoms with E-state index in [1.807, 2.05) is 43.3 Å². The van der Waals surface area contributed by atoms with Crippen molar-refractivity contribution in [3.05, 3.63) is 54.2 Å². The Morgan fingerprint density at radius 1 is 1.11 bits per heavy atom. The summed E-state index contributed by atoms with van der Waals surface area (Å²) in [5, 5.41) is 9.00. The normalized spacial score (nSPS) is 10.5. The Bertz CT molecular complexity index is 708. The van der Waals surface area contributed by atoms with E-state index in [4.69, 9.17) is 4.74 Å². The summed E-state index contributed by atoms with van der Waals surface area (Å²) < 4.78 is 5.60. The van der Waals surface area contributed by atoms with Crippen LogP contribution in [0.4, 0.5) is 5.82 Å². The van der Waals surface area contributed by atoms with Crippen molar-refractivity contribution in [3.8, 4) is 5.75 Å². The average molecular weight is 483 g/mol. The van der Waals surface area contributed by atoms with E-state index in [0.717, 1.165) is 11.3 Å². The molecule has 0 saturated heterocycles. The Morgan fingerprint density at radius 2 is 1.85 bits per heavy atom. The van der Waals surface area contributed by atoms with Crippen molar-refractivity contribution >= 4 is 41.7 Å². The fourth-order valence-electron chi connectivity index (χ4n) is 2.12. The summed E-state index contributed by atoms with van der Waals surface area (Å²) in [6.45, 7) is 3.54. The van der Waals surface area contributed by atoms with Crippen molar-refractivity contribution in [2.45, 2.75) is 13.3 Å². The highest BCUT2D eigenvalue weighted by Crippen LogP contribution is 2.07. The molecule has 0 bridgehead atoms. The molecule has 0 spiro atoms. The van der Waals surface area contributed by atoms with Gasteiger partial charge in [-0.3, -0.25) is 9.79 Å². The highest BCUT2D eigenvalue weighted by atomic mass is 127. The molecule has 1 amide bonds. The van der Waals surface area contributed by atoms with Gasteiger partial charge < -0.3 is 20.7 Å². The molecule has 146 valence electrons. The largest absolute Gasteiger partial charge is 0.492 e. The van der Waals surface area contributed by atoms with Crippen LogP contribution in [-0.4, -0.2) is 43.6 Å². The SMILES string of the molecule is CN=C(NCCOc1ccccc1)NCCC(=O)Nc1ccc(C)cn1.I. The molecule has 2 rings (SSSR count). The third-order valence-corrected chi connectivity index (χ3v) is 3.45. The van der Waals surface area contributed by atoms with Crippen LogP contribution in [0.5, 0.6) is 5.75 Å². The van der Waals surface area contributed by atoms with E-state index in [1.54, 1.807) is 19.3 Å². The van der Waals surface area contributed by atoms with Gasteiger partial charge in [0.05, 0.1) is 6.54 Å². The summed E-state index contributed by atoms with van der Waals surface area (Å²) in [7, 11) is 1.68. The van der Waals surface area contributed by atoms with Crippen molar-refractivity contribution in [2.75, 3.05) is 32.1 Å². The van der Waals surface area contributed by atoms with Gasteiger partial charge in [0.2, 0.25) is 5.91 Å². The molecule has 8 heteroatoms. The Labute approximate surface area is 177 Å². The number of nitrogens with one attached hydrogen (secondary N) is 3. The molecule has 0 fully saturated rings. The topological polar surface area (TPSA) is 87.6 Å². The molecule has 0 unspecified atom stereocenters. The number of nitrogens with zero attached hydrogens (tertiary/aromatic N) is 2. The van der Waals surface area contributed by atoms with Crippen LogP contribution in [0, 0.1) is 6.92 Å². The Kier molecular flexibility index (Phi) is 10.8. The van der Waals surface area contributed by atoms with Crippen molar-refractivity contribution in [2.24, 2.45) is 4.99 Å². The van der Waals surface area contributed by atoms with Crippen LogP contribution in [0.25, 0.3) is 0 Å². The van der Waals surface area contributed by atoms with Gasteiger partial charge in [-0.25, -0.2) is 4.98 Å². The number of aromatic nitrogens is 1. The smallest absolute Gasteiger partial charge is 0.227 e. The maximum Gasteiger partial charge on any atom is 0.227 e. The Hall–Kier alpha value is -2.36. The maximum absolute atomic E-state index is 11.9. The lowest BCUT2D eigenvalue weighted by atomic mass is 10.3. The van der Waals surface area contributed by atoms with Crippen molar-refractivity contribution in [1.82, 2.24) is 15.6 Å². The van der Waals surface area contributed by atoms with Gasteiger partial charge in [0.15, 0.2) is 5.96 Å². The van der Waals surface area contributed by atoms with Crippen LogP contribution in [-0.2, 0) is 4.79 Å². The molecule has 0 radical (unpaired) electrons. The Balaban J connectivity index is 0.00000364. The van der Waals surface area contributed by atoms with Crippen molar-refractivity contribution in [1.29, 1.82) is 0 Å². The second kappa shape index (κ2) is 12.9. The summed E-state index contributed by atoms with van der Waals surface area (Å²) in [4.78, 5) is 20.2. The standard InChI is InChI=1S/C19H25N5O2.HI/c1-15-8-9-17(23-14-15)24-18(25)10-11-21-19(20-2)22-12-13-26-16-6-4-3-5-7-16;/h3-9,14H,10-13H2,1-2H3,(H2,20,21,22)(H,23,24,25);1H. The number of carbonyl (C=O) groups excluding carboxylic acids is 1. The van der Waals surface area contributed by atoms with Crippen LogP contribution < -0.4 is 20.7 Å². The van der Waals surface area contributed by atoms with E-state index in [2.05, 4.69) is 25.9 Å². The number of carbonyl (C=O) groups is 1. The number of hydrogen-bond acceptors (Lipinski definition) is 4. The molecule has 0 aliphatic rings. The summed E-state index contributed by atoms with van der Waals surface area (Å²) in [6, 6.07) is 13.3. The van der Waals surface area contributed by atoms with E-state index >= 15 is 0 Å². The molecule has 1 aromatic heterocycles. The number of ether oxygens (including phenoxy) is 1. The second-order valence-corrected chi connectivity index (χ2v) is 5.61. The second-order valence-electron chi connectivity index (χ2n) is 5.61. The monoisotopic (exact) mass is 483 g/mol. The number of benzene rings is 1. The van der Waals surface area contributed by atoms with Gasteiger partial charge in [0.1, 0.15) is 18.2 Å². The van der Waals surface area contributed by atoms with E-state index in [0.29, 0.717) is 37.9 Å². The van der Waals surface area contributed by atoms with Crippen molar-refractivity contribution in [3.63, 3.8) is 0 Å². The lowest BCUT2D eigenvalue weighted by Crippen LogP contribution is -2.40. The van der Waals surface area contributed by atoms with E-state index in [9.17, 15) is 4.79 Å². The fourth-order valence-corrected chi connectivity index (χ4v) is 2.12. The zero-order valence-electron chi connectivity index (χ0n) is 15.6. The molecule has 2 aromatic rings. The number of anilines is 1. The predicted octanol–water partition coefficient (Wildman–Crippen LogP) is 2.58. The summed E-state index contributed by atoms with van der Waals surface area (Å²) in [5.74, 6) is 1.92. The minimum absolute atomic E-state index is 0. The van der Waals surface area contributed by atoms with Gasteiger partial charge >= 0.3 is 0 Å². The molecule has 7 nitrogen and oxygen atoms in total. The molecule has 27 heavy (non-hydrogen) atoms. The maximum atomic E-state index is 11.9. The fraction of sp³-hybridized carbons (Fsp3) is 0.316. The molecule has 1 aromatic carbocycles. The third kappa shape index (κ3) is 9.23. The molecule has 1 heterocycles. The van der Waals surface area contributed by atoms with Gasteiger partial charge in [-0.1, -0.05) is 24.3 Å². The molecule has 3 N–H and O–H groups in total. The number of guanidine groups is 1. The Morgan fingerprint density at radius 3 is 2.52 bits per heavy atom. The molecule has 0 aliphatic heterocycles. The minimum Gasteiger partial charge on any atom is -0.492 e. The minimum atomic E-state index is -0.100. The molecule has 0 aliphatic carbocycles. The number of hydrogen-bond donors (Lipinski definition) is 3. The van der Waals surface area contributed by atoms with Gasteiger partial charge in [-0.15, -0.1) is 24.0 Å². The zero-order valence-corrected chi connectivity index (χ0v) is 17.9. The first kappa shape index (κ1) is 22.7. The van der Waals surface area contributed by atoms with E-state index in [1.165, 1.54) is 0 Å². The van der Waals surface area contributed by atoms with Gasteiger partial charge in [0.25, 0.3) is 0 Å². The van der Waals surface area contributed by atoms with Crippen LogP contribution in [0.2, 0.25) is 0 Å². The first-order chi connectivity index (χ1) is 12.7. The van der Waals surface area contributed by atoms with Crippen LogP contribution in [0.15, 0.2) is 53.7 Å². The highest BCUT2D eigenvalue weighted by molar-refractivity contribution is 14.0. The number of pyridine rings is 1. The molecule has 0 atom stereocenters. The first-order valence-electron chi connectivity index (χ1n) is 8.52. The predicted molar refractivity (Wildman–Crippen MR) is 119 cm³/mol. The van der Waals surface area contributed by atoms with Crippen LogP contribution in [0.1, 0.15) is 12.0 Å². The summed E-state index contributed by atoms with van der Waals surface area (Å²) >= 11 is 0. The van der Waals surface area contributed by atoms with Crippen molar-refractivity contribution < 1.29 is 9.53 Å². The number of para-hydroxylation sites is 1. The van der Waals surface area contributed by atoms with Crippen LogP contribution in [0.3, 0.4) is 0 Å². The number of amides is 1. The lowest BCUT2D eigenvalue weighted by molar-refractivity contribution is -0.116. The van der Waals surface area contributed by atoms with Gasteiger partial charge in [-0.2, -0.15) is 0 Å². The molecular formula is C19H26IN5O2. The number of rotatable bonds is 8. The van der Waals surface area contributed by atoms with E-state index < -0.39 is 0 Å². The summed E-state index contributed by atoms with van der Waals surface area (Å²) in [6.07, 6.45) is 2.04. The van der Waals surface area contributed by atoms with Gasteiger partial charge in [0, 0.05) is 26.2 Å². The zero-order chi connectivity index (χ0) is 18.6. The number of aryl methyl sites for hydroxylation is 1. The number of halogens is 1. The third-order valence-electron chi connectivity index (χ3n) is 3.45. The highest BCUT2D eigenvalue weighted by Gasteiger charge is 2.04. The first-order valence-corrected chi connectivity index (χ1v) is 8.52. The van der Waals surface area contributed by atoms with Gasteiger partial charge in [-0.05, 0) is 30.7 Å². The lowest BCUT2D eigenvalue weighted by Gasteiger charge is -2.12. The number of aliphatic imine (C=N–C) groups is 1. The summed E-state index contributed by atoms with van der Waals surface area (Å²) in [5.41, 5.74) is 1.05. The average Bonchev–Trinajstić information content (AvgIpc) is 2.66. The molecule has 0 saturated carbocycles. The van der Waals surface area contributed by atoms with Crippen LogP contribution >= 0.6 is 24.0 Å².